The molecule has 1 saturated heterocycles. The number of halogens is 2. The molecule has 34 heavy (non-hydrogen) atoms. The van der Waals surface area contributed by atoms with E-state index in [2.05, 4.69) is 15.3 Å². The highest BCUT2D eigenvalue weighted by Gasteiger charge is 2.36. The van der Waals surface area contributed by atoms with Crippen LogP contribution in [0.15, 0.2) is 24.5 Å². The molecule has 1 saturated carbocycles. The molecule has 0 unspecified atom stereocenters. The summed E-state index contributed by atoms with van der Waals surface area (Å²) in [6.07, 6.45) is 5.31. The summed E-state index contributed by atoms with van der Waals surface area (Å²) in [5.74, 6) is -2.05. The molecule has 182 valence electrons. The average molecular weight is 492 g/mol. The fourth-order valence-electron chi connectivity index (χ4n) is 4.66. The van der Waals surface area contributed by atoms with Gasteiger partial charge in [-0.2, -0.15) is 0 Å². The molecule has 9 nitrogen and oxygen atoms in total. The minimum atomic E-state index is -0.752. The van der Waals surface area contributed by atoms with Gasteiger partial charge in [0.25, 0.3) is 11.8 Å². The third kappa shape index (κ3) is 5.39. The molecule has 2 heterocycles. The minimum absolute atomic E-state index is 0.00341. The number of aromatic amines is 1. The Morgan fingerprint density at radius 2 is 2.00 bits per heavy atom. The van der Waals surface area contributed by atoms with E-state index in [1.54, 1.807) is 4.90 Å². The van der Waals surface area contributed by atoms with Crippen molar-refractivity contribution >= 4 is 35.0 Å². The van der Waals surface area contributed by atoms with E-state index in [-0.39, 0.29) is 46.3 Å². The van der Waals surface area contributed by atoms with Crippen LogP contribution in [0.2, 0.25) is 5.02 Å². The van der Waals surface area contributed by atoms with Crippen molar-refractivity contribution in [2.45, 2.75) is 50.7 Å². The molecule has 0 bridgehead atoms. The number of carbonyl (C=O) groups excluding carboxylic acids is 3. The number of nitrogens with one attached hydrogen (secondary N) is 2. The summed E-state index contributed by atoms with van der Waals surface area (Å²) >= 11 is 6.02. The number of hydrogen-bond acceptors (Lipinski definition) is 5. The number of carbonyl (C=O) groups is 3. The molecule has 11 heteroatoms. The van der Waals surface area contributed by atoms with Crippen molar-refractivity contribution in [1.82, 2.24) is 14.9 Å². The topological polar surface area (TPSA) is 130 Å². The van der Waals surface area contributed by atoms with Crippen LogP contribution in [0.1, 0.15) is 59.5 Å². The number of rotatable bonds is 7. The Morgan fingerprint density at radius 3 is 2.65 bits per heavy atom. The zero-order valence-corrected chi connectivity index (χ0v) is 19.3. The molecule has 2 aliphatic rings. The average Bonchev–Trinajstić information content (AvgIpc) is 3.51. The molecule has 2 aromatic rings. The first-order valence-electron chi connectivity index (χ1n) is 11.3. The van der Waals surface area contributed by atoms with Gasteiger partial charge in [-0.15, -0.1) is 0 Å². The number of ether oxygens (including phenoxy) is 1. The van der Waals surface area contributed by atoms with Gasteiger partial charge >= 0.3 is 0 Å². The van der Waals surface area contributed by atoms with E-state index >= 15 is 0 Å². The number of hydrogen-bond donors (Lipinski definition) is 3. The van der Waals surface area contributed by atoms with E-state index < -0.39 is 11.7 Å². The number of nitrogens with zero attached hydrogens (tertiary/aromatic N) is 2. The molecule has 1 atom stereocenters. The van der Waals surface area contributed by atoms with Crippen molar-refractivity contribution in [1.29, 1.82) is 0 Å². The Bertz CT molecular complexity index is 1060. The lowest BCUT2D eigenvalue weighted by molar-refractivity contribution is -0.121. The van der Waals surface area contributed by atoms with Gasteiger partial charge in [-0.1, -0.05) is 11.6 Å². The molecule has 1 aliphatic heterocycles. The summed E-state index contributed by atoms with van der Waals surface area (Å²) in [5, 5.41) is 2.91. The first kappa shape index (κ1) is 24.2. The molecular weight excluding hydrogens is 465 g/mol. The van der Waals surface area contributed by atoms with Crippen molar-refractivity contribution in [2.75, 3.05) is 18.5 Å². The number of nitrogens with two attached hydrogens (primary N) is 1. The number of benzene rings is 1. The lowest BCUT2D eigenvalue weighted by Crippen LogP contribution is -2.47. The summed E-state index contributed by atoms with van der Waals surface area (Å²) < 4.78 is 19.0. The van der Waals surface area contributed by atoms with Crippen LogP contribution in [-0.4, -0.2) is 57.9 Å². The van der Waals surface area contributed by atoms with Gasteiger partial charge < -0.3 is 25.7 Å². The molecular formula is C23H27ClFN5O4. The first-order valence-corrected chi connectivity index (χ1v) is 11.7. The van der Waals surface area contributed by atoms with Crippen molar-refractivity contribution in [3.63, 3.8) is 0 Å². The summed E-state index contributed by atoms with van der Waals surface area (Å²) in [6.45, 7) is 1.04. The van der Waals surface area contributed by atoms with E-state index in [9.17, 15) is 18.8 Å². The number of primary amides is 1. The summed E-state index contributed by atoms with van der Waals surface area (Å²) in [4.78, 5) is 46.3. The third-order valence-electron chi connectivity index (χ3n) is 6.47. The van der Waals surface area contributed by atoms with Gasteiger partial charge in [0.1, 0.15) is 11.5 Å². The maximum absolute atomic E-state index is 13.4. The second kappa shape index (κ2) is 10.5. The highest BCUT2D eigenvalue weighted by Crippen LogP contribution is 2.31. The summed E-state index contributed by atoms with van der Waals surface area (Å²) in [5.41, 5.74) is 5.73. The number of H-pyrrole nitrogens is 1. The second-order valence-corrected chi connectivity index (χ2v) is 9.11. The first-order chi connectivity index (χ1) is 16.3. The second-order valence-electron chi connectivity index (χ2n) is 8.70. The number of aromatic nitrogens is 2. The van der Waals surface area contributed by atoms with Crippen LogP contribution in [0.4, 0.5) is 10.1 Å². The van der Waals surface area contributed by atoms with Crippen LogP contribution in [-0.2, 0) is 9.53 Å². The molecule has 1 aromatic carbocycles. The number of imidazole rings is 1. The van der Waals surface area contributed by atoms with Gasteiger partial charge in [-0.3, -0.25) is 14.4 Å². The minimum Gasteiger partial charge on any atom is -0.376 e. The van der Waals surface area contributed by atoms with Crippen LogP contribution < -0.4 is 11.1 Å². The Hall–Kier alpha value is -2.98. The largest absolute Gasteiger partial charge is 0.376 e. The number of anilines is 1. The molecule has 4 rings (SSSR count). The smallest absolute Gasteiger partial charge is 0.275 e. The number of amides is 3. The van der Waals surface area contributed by atoms with E-state index in [0.717, 1.165) is 18.9 Å². The Kier molecular flexibility index (Phi) is 7.47. The molecule has 0 radical (unpaired) electrons. The van der Waals surface area contributed by atoms with Crippen LogP contribution in [0.3, 0.4) is 0 Å². The Morgan fingerprint density at radius 1 is 1.24 bits per heavy atom. The summed E-state index contributed by atoms with van der Waals surface area (Å²) in [6, 6.07) is 3.69. The highest BCUT2D eigenvalue weighted by atomic mass is 35.5. The molecule has 0 spiro atoms. The molecule has 1 aliphatic carbocycles. The van der Waals surface area contributed by atoms with Gasteiger partial charge in [0.05, 0.1) is 23.1 Å². The standard InChI is InChI=1S/C23H27ClFN5O4/c24-17-10-14(25)5-8-18(17)29-22(32)13-3-6-15(7-4-13)30(11-16-2-1-9-34-16)23(33)20-19(21(26)31)27-12-28-20/h5,8,10,12-13,15-16H,1-4,6-7,9,11H2,(H2,26,31)(H,27,28)(H,29,32)/t13-,15-,16-/m1/s1. The van der Waals surface area contributed by atoms with Crippen LogP contribution >= 0.6 is 11.6 Å². The zero-order valence-electron chi connectivity index (χ0n) is 18.6. The van der Waals surface area contributed by atoms with Crippen LogP contribution in [0.25, 0.3) is 0 Å². The maximum Gasteiger partial charge on any atom is 0.275 e. The van der Waals surface area contributed by atoms with Crippen LogP contribution in [0.5, 0.6) is 0 Å². The maximum atomic E-state index is 13.4. The van der Waals surface area contributed by atoms with Gasteiger partial charge in [0.2, 0.25) is 5.91 Å². The predicted octanol–water partition coefficient (Wildman–Crippen LogP) is 3.12. The molecule has 3 amide bonds. The van der Waals surface area contributed by atoms with Crippen molar-refractivity contribution in [3.05, 3.63) is 46.8 Å². The zero-order chi connectivity index (χ0) is 24.2. The van der Waals surface area contributed by atoms with Gasteiger partial charge in [0, 0.05) is 25.1 Å². The molecule has 1 aromatic heterocycles. The van der Waals surface area contributed by atoms with E-state index in [1.807, 2.05) is 0 Å². The highest BCUT2D eigenvalue weighted by molar-refractivity contribution is 6.33. The lowest BCUT2D eigenvalue weighted by atomic mass is 9.84. The van der Waals surface area contributed by atoms with Crippen molar-refractivity contribution in [3.8, 4) is 0 Å². The van der Waals surface area contributed by atoms with Gasteiger partial charge in [-0.25, -0.2) is 9.37 Å². The van der Waals surface area contributed by atoms with E-state index in [0.29, 0.717) is 44.5 Å². The molecule has 2 fully saturated rings. The third-order valence-corrected chi connectivity index (χ3v) is 6.78. The Balaban J connectivity index is 1.43. The fraction of sp³-hybridized carbons (Fsp3) is 0.478. The summed E-state index contributed by atoms with van der Waals surface area (Å²) in [7, 11) is 0. The molecule has 4 N–H and O–H groups in total. The van der Waals surface area contributed by atoms with E-state index in [4.69, 9.17) is 22.1 Å². The lowest BCUT2D eigenvalue weighted by Gasteiger charge is -2.37. The van der Waals surface area contributed by atoms with E-state index in [1.165, 1.54) is 18.5 Å². The predicted molar refractivity (Wildman–Crippen MR) is 123 cm³/mol. The quantitative estimate of drug-likeness (QED) is 0.547. The van der Waals surface area contributed by atoms with Crippen LogP contribution in [0, 0.1) is 11.7 Å². The monoisotopic (exact) mass is 491 g/mol. The van der Waals surface area contributed by atoms with Crippen molar-refractivity contribution < 1.29 is 23.5 Å². The Labute approximate surface area is 201 Å². The van der Waals surface area contributed by atoms with Gasteiger partial charge in [0.15, 0.2) is 5.69 Å². The van der Waals surface area contributed by atoms with Gasteiger partial charge in [-0.05, 0) is 56.7 Å². The normalized spacial score (nSPS) is 22.4. The SMILES string of the molecule is NC(=O)c1[nH]cnc1C(=O)N(C[C@H]1CCCO1)[C@H]1CC[C@H](C(=O)Nc2ccc(F)cc2Cl)CC1. The fourth-order valence-corrected chi connectivity index (χ4v) is 4.88. The van der Waals surface area contributed by atoms with Crippen molar-refractivity contribution in [2.24, 2.45) is 11.7 Å².